The zero-order valence-electron chi connectivity index (χ0n) is 14.0. The largest absolute Gasteiger partial charge is 0.497 e. The first-order valence-corrected chi connectivity index (χ1v) is 8.52. The second-order valence-corrected chi connectivity index (χ2v) is 6.30. The Hall–Kier alpha value is -2.08. The minimum Gasteiger partial charge on any atom is -0.497 e. The quantitative estimate of drug-likeness (QED) is 0.909. The molecule has 6 heteroatoms. The van der Waals surface area contributed by atoms with Gasteiger partial charge in [0.25, 0.3) is 11.8 Å². The number of ether oxygens (including phenoxy) is 2. The van der Waals surface area contributed by atoms with Gasteiger partial charge >= 0.3 is 0 Å². The van der Waals surface area contributed by atoms with Crippen molar-refractivity contribution in [2.45, 2.75) is 37.8 Å². The van der Waals surface area contributed by atoms with E-state index in [4.69, 9.17) is 9.47 Å². The van der Waals surface area contributed by atoms with E-state index in [1.54, 1.807) is 31.4 Å². The van der Waals surface area contributed by atoms with E-state index in [0.717, 1.165) is 31.4 Å². The van der Waals surface area contributed by atoms with Gasteiger partial charge in [0.1, 0.15) is 11.9 Å². The summed E-state index contributed by atoms with van der Waals surface area (Å²) in [4.78, 5) is 26.5. The van der Waals surface area contributed by atoms with E-state index in [9.17, 15) is 9.59 Å². The molecule has 1 aromatic carbocycles. The molecule has 6 nitrogen and oxygen atoms in total. The monoisotopic (exact) mass is 332 g/mol. The molecule has 130 valence electrons. The van der Waals surface area contributed by atoms with Crippen molar-refractivity contribution in [2.75, 3.05) is 26.8 Å². The van der Waals surface area contributed by atoms with Crippen LogP contribution in [-0.4, -0.2) is 55.7 Å². The summed E-state index contributed by atoms with van der Waals surface area (Å²) in [5, 5.41) is 3.05. The minimum atomic E-state index is -0.254. The SMILES string of the molecule is COc1ccc(C(=O)NC2CCN(C(=O)C3CCCO3)CC2)cc1. The van der Waals surface area contributed by atoms with Crippen LogP contribution in [0.1, 0.15) is 36.0 Å². The number of rotatable bonds is 4. The first-order chi connectivity index (χ1) is 11.7. The lowest BCUT2D eigenvalue weighted by atomic mass is 10.0. The molecule has 2 saturated heterocycles. The Morgan fingerprint density at radius 3 is 2.46 bits per heavy atom. The van der Waals surface area contributed by atoms with Crippen LogP contribution in [0.3, 0.4) is 0 Å². The molecule has 2 amide bonds. The van der Waals surface area contributed by atoms with Crippen molar-refractivity contribution < 1.29 is 19.1 Å². The lowest BCUT2D eigenvalue weighted by Crippen LogP contribution is -2.49. The van der Waals surface area contributed by atoms with E-state index in [2.05, 4.69) is 5.32 Å². The van der Waals surface area contributed by atoms with Gasteiger partial charge in [-0.05, 0) is 49.9 Å². The molecule has 0 saturated carbocycles. The standard InChI is InChI=1S/C18H24N2O4/c1-23-15-6-4-13(5-7-15)17(21)19-14-8-10-20(11-9-14)18(22)16-3-2-12-24-16/h4-7,14,16H,2-3,8-12H2,1H3,(H,19,21). The van der Waals surface area contributed by atoms with Crippen molar-refractivity contribution in [1.82, 2.24) is 10.2 Å². The smallest absolute Gasteiger partial charge is 0.251 e. The summed E-state index contributed by atoms with van der Waals surface area (Å²) in [6, 6.07) is 7.16. The van der Waals surface area contributed by atoms with Crippen molar-refractivity contribution in [3.8, 4) is 5.75 Å². The van der Waals surface area contributed by atoms with E-state index < -0.39 is 0 Å². The molecule has 2 fully saturated rings. The summed E-state index contributed by atoms with van der Waals surface area (Å²) in [5.74, 6) is 0.751. The molecule has 0 aliphatic carbocycles. The van der Waals surface area contributed by atoms with Gasteiger partial charge < -0.3 is 19.7 Å². The molecular weight excluding hydrogens is 308 g/mol. The molecule has 0 spiro atoms. The fraction of sp³-hybridized carbons (Fsp3) is 0.556. The average Bonchev–Trinajstić information content (AvgIpc) is 3.16. The maximum atomic E-state index is 12.3. The van der Waals surface area contributed by atoms with Crippen LogP contribution in [0.5, 0.6) is 5.75 Å². The molecular formula is C18H24N2O4. The van der Waals surface area contributed by atoms with Crippen LogP contribution >= 0.6 is 0 Å². The van der Waals surface area contributed by atoms with Gasteiger partial charge in [0.15, 0.2) is 0 Å². The van der Waals surface area contributed by atoms with E-state index in [0.29, 0.717) is 25.3 Å². The Morgan fingerprint density at radius 1 is 1.17 bits per heavy atom. The molecule has 1 unspecified atom stereocenters. The van der Waals surface area contributed by atoms with Crippen molar-refractivity contribution in [1.29, 1.82) is 0 Å². The Kier molecular flexibility index (Phi) is 5.35. The first kappa shape index (κ1) is 16.8. The zero-order chi connectivity index (χ0) is 16.9. The average molecular weight is 332 g/mol. The number of piperidine rings is 1. The molecule has 3 rings (SSSR count). The van der Waals surface area contributed by atoms with Gasteiger partial charge in [-0.25, -0.2) is 0 Å². The van der Waals surface area contributed by atoms with Crippen molar-refractivity contribution in [3.05, 3.63) is 29.8 Å². The number of likely N-dealkylation sites (tertiary alicyclic amines) is 1. The van der Waals surface area contributed by atoms with Crippen LogP contribution in [0.25, 0.3) is 0 Å². The Morgan fingerprint density at radius 2 is 1.88 bits per heavy atom. The summed E-state index contributed by atoms with van der Waals surface area (Å²) in [6.07, 6.45) is 3.09. The predicted molar refractivity (Wildman–Crippen MR) is 89.0 cm³/mol. The summed E-state index contributed by atoms with van der Waals surface area (Å²) in [6.45, 7) is 2.03. The molecule has 1 aromatic rings. The first-order valence-electron chi connectivity index (χ1n) is 8.52. The van der Waals surface area contributed by atoms with Gasteiger partial charge in [0.2, 0.25) is 0 Å². The van der Waals surface area contributed by atoms with Crippen LogP contribution in [-0.2, 0) is 9.53 Å². The van der Waals surface area contributed by atoms with E-state index in [-0.39, 0.29) is 24.0 Å². The van der Waals surface area contributed by atoms with Gasteiger partial charge in [0, 0.05) is 31.3 Å². The van der Waals surface area contributed by atoms with Gasteiger partial charge in [0.05, 0.1) is 7.11 Å². The molecule has 1 atom stereocenters. The fourth-order valence-electron chi connectivity index (χ4n) is 3.23. The second kappa shape index (κ2) is 7.66. The number of carbonyl (C=O) groups excluding carboxylic acids is 2. The number of methoxy groups -OCH3 is 1. The molecule has 24 heavy (non-hydrogen) atoms. The maximum Gasteiger partial charge on any atom is 0.251 e. The van der Waals surface area contributed by atoms with Crippen LogP contribution in [0, 0.1) is 0 Å². The molecule has 1 N–H and O–H groups in total. The normalized spacial score (nSPS) is 21.5. The maximum absolute atomic E-state index is 12.3. The highest BCUT2D eigenvalue weighted by Gasteiger charge is 2.31. The highest BCUT2D eigenvalue weighted by atomic mass is 16.5. The molecule has 2 aliphatic rings. The molecule has 2 aliphatic heterocycles. The van der Waals surface area contributed by atoms with Crippen LogP contribution in [0.4, 0.5) is 0 Å². The van der Waals surface area contributed by atoms with E-state index in [1.165, 1.54) is 0 Å². The number of amides is 2. The highest BCUT2D eigenvalue weighted by Crippen LogP contribution is 2.19. The molecule has 0 aromatic heterocycles. The fourth-order valence-corrected chi connectivity index (χ4v) is 3.23. The number of nitrogens with zero attached hydrogens (tertiary/aromatic N) is 1. The topological polar surface area (TPSA) is 67.9 Å². The third-order valence-corrected chi connectivity index (χ3v) is 4.70. The lowest BCUT2D eigenvalue weighted by Gasteiger charge is -2.33. The minimum absolute atomic E-state index is 0.0819. The molecule has 0 bridgehead atoms. The predicted octanol–water partition coefficient (Wildman–Crippen LogP) is 1.59. The highest BCUT2D eigenvalue weighted by molar-refractivity contribution is 5.94. The molecule has 0 radical (unpaired) electrons. The number of benzene rings is 1. The summed E-state index contributed by atoms with van der Waals surface area (Å²) in [7, 11) is 1.60. The lowest BCUT2D eigenvalue weighted by molar-refractivity contribution is -0.142. The van der Waals surface area contributed by atoms with Gasteiger partial charge in [-0.3, -0.25) is 9.59 Å². The van der Waals surface area contributed by atoms with Gasteiger partial charge in [-0.2, -0.15) is 0 Å². The number of nitrogens with one attached hydrogen (secondary N) is 1. The summed E-state index contributed by atoms with van der Waals surface area (Å²) < 4.78 is 10.6. The van der Waals surface area contributed by atoms with Crippen LogP contribution in [0.2, 0.25) is 0 Å². The summed E-state index contributed by atoms with van der Waals surface area (Å²) >= 11 is 0. The van der Waals surface area contributed by atoms with Crippen molar-refractivity contribution in [2.24, 2.45) is 0 Å². The third kappa shape index (κ3) is 3.87. The second-order valence-electron chi connectivity index (χ2n) is 6.30. The summed E-state index contributed by atoms with van der Waals surface area (Å²) in [5.41, 5.74) is 0.619. The van der Waals surface area contributed by atoms with Crippen molar-refractivity contribution in [3.63, 3.8) is 0 Å². The van der Waals surface area contributed by atoms with Crippen LogP contribution in [0.15, 0.2) is 24.3 Å². The van der Waals surface area contributed by atoms with Gasteiger partial charge in [-0.15, -0.1) is 0 Å². The Balaban J connectivity index is 1.47. The van der Waals surface area contributed by atoms with Gasteiger partial charge in [-0.1, -0.05) is 0 Å². The van der Waals surface area contributed by atoms with Crippen molar-refractivity contribution >= 4 is 11.8 Å². The zero-order valence-corrected chi connectivity index (χ0v) is 14.0. The van der Waals surface area contributed by atoms with E-state index in [1.807, 2.05) is 4.90 Å². The third-order valence-electron chi connectivity index (χ3n) is 4.70. The number of hydrogen-bond donors (Lipinski definition) is 1. The molecule has 2 heterocycles. The van der Waals surface area contributed by atoms with Crippen LogP contribution < -0.4 is 10.1 Å². The van der Waals surface area contributed by atoms with E-state index >= 15 is 0 Å². The number of carbonyl (C=O) groups is 2. The number of hydrogen-bond acceptors (Lipinski definition) is 4. The Labute approximate surface area is 142 Å². The Bertz CT molecular complexity index is 573.